The molecule has 0 aromatic heterocycles. The Kier molecular flexibility index (Phi) is 10.7. The van der Waals surface area contributed by atoms with E-state index in [4.69, 9.17) is 4.74 Å². The Labute approximate surface area is 213 Å². The quantitative estimate of drug-likeness (QED) is 0.457. The predicted molar refractivity (Wildman–Crippen MR) is 137 cm³/mol. The van der Waals surface area contributed by atoms with Crippen molar-refractivity contribution in [3.05, 3.63) is 71.3 Å². The zero-order valence-electron chi connectivity index (χ0n) is 20.5. The van der Waals surface area contributed by atoms with Crippen molar-refractivity contribution in [2.24, 2.45) is 0 Å². The smallest absolute Gasteiger partial charge is 0.323 e. The number of carboxylic acids is 1. The topological polar surface area (TPSA) is 95.9 Å². The number of fused-ring (bicyclic) bond motifs is 1. The standard InChI is InChI=1S/C27H34N2O5.ClH/c1-18(2)34-27(33)24(14-13-20-9-5-4-6-10-20)28-19(3)26(32)29(17-25(30)31)23-15-21-11-7-8-12-22(21)16-23;/h4-12,18-19,23-24,28H,13-17H2,1-3H3,(H,30,31);1H/t19-,24?;/m0./s1. The molecule has 0 aliphatic heterocycles. The van der Waals surface area contributed by atoms with Crippen LogP contribution in [-0.4, -0.2) is 58.6 Å². The molecular weight excluding hydrogens is 468 g/mol. The number of benzene rings is 2. The van der Waals surface area contributed by atoms with Crippen LogP contribution in [0.4, 0.5) is 0 Å². The number of hydrogen-bond acceptors (Lipinski definition) is 5. The number of nitrogens with one attached hydrogen (secondary N) is 1. The number of ether oxygens (including phenoxy) is 1. The highest BCUT2D eigenvalue weighted by Gasteiger charge is 2.35. The minimum atomic E-state index is -1.06. The van der Waals surface area contributed by atoms with E-state index in [0.29, 0.717) is 25.7 Å². The lowest BCUT2D eigenvalue weighted by Gasteiger charge is -2.31. The second-order valence-corrected chi connectivity index (χ2v) is 9.14. The summed E-state index contributed by atoms with van der Waals surface area (Å²) in [5.74, 6) is -1.80. The van der Waals surface area contributed by atoms with Gasteiger partial charge in [0.05, 0.1) is 12.1 Å². The number of aryl methyl sites for hydroxylation is 1. The highest BCUT2D eigenvalue weighted by atomic mass is 35.5. The Bertz CT molecular complexity index is 973. The van der Waals surface area contributed by atoms with E-state index >= 15 is 0 Å². The average Bonchev–Trinajstić information content (AvgIpc) is 3.23. The molecule has 0 heterocycles. The van der Waals surface area contributed by atoms with E-state index in [1.54, 1.807) is 20.8 Å². The van der Waals surface area contributed by atoms with Gasteiger partial charge in [-0.3, -0.25) is 19.7 Å². The fourth-order valence-electron chi connectivity index (χ4n) is 4.45. The molecule has 2 N–H and O–H groups in total. The Hall–Kier alpha value is -2.90. The highest BCUT2D eigenvalue weighted by Crippen LogP contribution is 2.26. The van der Waals surface area contributed by atoms with Crippen LogP contribution in [-0.2, 0) is 38.4 Å². The monoisotopic (exact) mass is 502 g/mol. The van der Waals surface area contributed by atoms with Crippen molar-refractivity contribution in [1.29, 1.82) is 0 Å². The van der Waals surface area contributed by atoms with E-state index < -0.39 is 24.0 Å². The van der Waals surface area contributed by atoms with Crippen LogP contribution in [0.5, 0.6) is 0 Å². The molecule has 2 aromatic rings. The molecule has 0 bridgehead atoms. The van der Waals surface area contributed by atoms with Gasteiger partial charge >= 0.3 is 11.9 Å². The molecule has 0 radical (unpaired) electrons. The fourth-order valence-corrected chi connectivity index (χ4v) is 4.45. The number of rotatable bonds is 11. The van der Waals surface area contributed by atoms with Crippen LogP contribution in [0.15, 0.2) is 54.6 Å². The summed E-state index contributed by atoms with van der Waals surface area (Å²) in [5, 5.41) is 12.6. The van der Waals surface area contributed by atoms with Crippen LogP contribution < -0.4 is 5.32 Å². The zero-order valence-corrected chi connectivity index (χ0v) is 21.3. The van der Waals surface area contributed by atoms with Gasteiger partial charge in [-0.05, 0) is 63.1 Å². The van der Waals surface area contributed by atoms with Crippen molar-refractivity contribution < 1.29 is 24.2 Å². The van der Waals surface area contributed by atoms with Gasteiger partial charge in [0.15, 0.2) is 0 Å². The van der Waals surface area contributed by atoms with Crippen LogP contribution >= 0.6 is 12.4 Å². The first-order valence-corrected chi connectivity index (χ1v) is 11.8. The third-order valence-electron chi connectivity index (χ3n) is 6.08. The van der Waals surface area contributed by atoms with Crippen LogP contribution in [0.2, 0.25) is 0 Å². The molecule has 190 valence electrons. The number of carbonyl (C=O) groups is 3. The summed E-state index contributed by atoms with van der Waals surface area (Å²) in [7, 11) is 0. The van der Waals surface area contributed by atoms with Crippen LogP contribution in [0.3, 0.4) is 0 Å². The van der Waals surface area contributed by atoms with E-state index in [2.05, 4.69) is 5.32 Å². The Morgan fingerprint density at radius 3 is 2.11 bits per heavy atom. The molecular formula is C27H35ClN2O5. The molecule has 1 unspecified atom stereocenters. The number of carbonyl (C=O) groups excluding carboxylic acids is 2. The number of nitrogens with zero attached hydrogens (tertiary/aromatic N) is 1. The maximum absolute atomic E-state index is 13.4. The summed E-state index contributed by atoms with van der Waals surface area (Å²) in [4.78, 5) is 39.2. The van der Waals surface area contributed by atoms with Gasteiger partial charge in [-0.15, -0.1) is 12.4 Å². The minimum Gasteiger partial charge on any atom is -0.480 e. The maximum Gasteiger partial charge on any atom is 0.323 e. The number of halogens is 1. The van der Waals surface area contributed by atoms with Gasteiger partial charge in [-0.1, -0.05) is 54.6 Å². The lowest BCUT2D eigenvalue weighted by Crippen LogP contribution is -2.55. The number of hydrogen-bond donors (Lipinski definition) is 2. The van der Waals surface area contributed by atoms with Crippen molar-refractivity contribution >= 4 is 30.3 Å². The second kappa shape index (κ2) is 13.3. The second-order valence-electron chi connectivity index (χ2n) is 9.14. The lowest BCUT2D eigenvalue weighted by molar-refractivity contribution is -0.152. The Balaban J connectivity index is 0.00000432. The van der Waals surface area contributed by atoms with E-state index in [0.717, 1.165) is 16.7 Å². The SMILES string of the molecule is CC(C)OC(=O)C(CCc1ccccc1)N[C@@H](C)C(=O)N(CC(=O)O)C1Cc2ccccc2C1.Cl. The van der Waals surface area contributed by atoms with E-state index in [1.807, 2.05) is 54.6 Å². The Morgan fingerprint density at radius 2 is 1.57 bits per heavy atom. The first-order chi connectivity index (χ1) is 16.2. The normalized spacial score (nSPS) is 14.5. The molecule has 7 nitrogen and oxygen atoms in total. The molecule has 1 amide bonds. The molecule has 0 fully saturated rings. The lowest BCUT2D eigenvalue weighted by atomic mass is 10.0. The fraction of sp³-hybridized carbons (Fsp3) is 0.444. The van der Waals surface area contributed by atoms with E-state index in [9.17, 15) is 19.5 Å². The molecule has 1 aliphatic carbocycles. The predicted octanol–water partition coefficient (Wildman–Crippen LogP) is 3.42. The Morgan fingerprint density at radius 1 is 1.00 bits per heavy atom. The highest BCUT2D eigenvalue weighted by molar-refractivity contribution is 5.86. The number of amides is 1. The summed E-state index contributed by atoms with van der Waals surface area (Å²) in [6, 6.07) is 16.1. The summed E-state index contributed by atoms with van der Waals surface area (Å²) < 4.78 is 5.43. The summed E-state index contributed by atoms with van der Waals surface area (Å²) in [5.41, 5.74) is 3.36. The van der Waals surface area contributed by atoms with Gasteiger partial charge < -0.3 is 14.7 Å². The van der Waals surface area contributed by atoms with E-state index in [1.165, 1.54) is 4.90 Å². The molecule has 1 aliphatic rings. The molecule has 8 heteroatoms. The number of aliphatic carboxylic acids is 1. The van der Waals surface area contributed by atoms with Crippen molar-refractivity contribution in [2.45, 2.75) is 70.7 Å². The van der Waals surface area contributed by atoms with Gasteiger partial charge in [0.1, 0.15) is 12.6 Å². The van der Waals surface area contributed by atoms with Gasteiger partial charge in [0.2, 0.25) is 5.91 Å². The molecule has 35 heavy (non-hydrogen) atoms. The van der Waals surface area contributed by atoms with Crippen LogP contribution in [0.25, 0.3) is 0 Å². The van der Waals surface area contributed by atoms with Crippen LogP contribution in [0.1, 0.15) is 43.9 Å². The van der Waals surface area contributed by atoms with Crippen molar-refractivity contribution in [2.75, 3.05) is 6.54 Å². The van der Waals surface area contributed by atoms with Crippen LogP contribution in [0, 0.1) is 0 Å². The minimum absolute atomic E-state index is 0. The van der Waals surface area contributed by atoms with Gasteiger partial charge in [-0.25, -0.2) is 0 Å². The molecule has 0 saturated heterocycles. The van der Waals surface area contributed by atoms with Gasteiger partial charge in [-0.2, -0.15) is 0 Å². The maximum atomic E-state index is 13.4. The third kappa shape index (κ3) is 8.08. The largest absolute Gasteiger partial charge is 0.480 e. The number of carboxylic acid groups (broad SMARTS) is 1. The van der Waals surface area contributed by atoms with Crippen molar-refractivity contribution in [3.8, 4) is 0 Å². The van der Waals surface area contributed by atoms with Gasteiger partial charge in [0.25, 0.3) is 0 Å². The summed E-state index contributed by atoms with van der Waals surface area (Å²) in [6.07, 6.45) is 2.06. The van der Waals surface area contributed by atoms with Crippen molar-refractivity contribution in [3.63, 3.8) is 0 Å². The first-order valence-electron chi connectivity index (χ1n) is 11.8. The molecule has 3 rings (SSSR count). The molecule has 2 aromatic carbocycles. The number of esters is 1. The van der Waals surface area contributed by atoms with Gasteiger partial charge in [0, 0.05) is 6.04 Å². The molecule has 2 atom stereocenters. The summed E-state index contributed by atoms with van der Waals surface area (Å²) in [6.45, 7) is 4.87. The third-order valence-corrected chi connectivity index (χ3v) is 6.08. The van der Waals surface area contributed by atoms with E-state index in [-0.39, 0.29) is 37.0 Å². The molecule has 0 spiro atoms. The zero-order chi connectivity index (χ0) is 24.7. The first kappa shape index (κ1) is 28.3. The molecule has 0 saturated carbocycles. The summed E-state index contributed by atoms with van der Waals surface area (Å²) >= 11 is 0. The van der Waals surface area contributed by atoms with Crippen molar-refractivity contribution in [1.82, 2.24) is 10.2 Å². The average molecular weight is 503 g/mol.